The number of aryl methyl sites for hydroxylation is 1. The standard InChI is InChI=1S/C20H28F2N4O4S/c1-5-15(12-31(4,27)28)10-17(30-19(21)22)14(3)16-11-29-8-6-7-26(16)18-9-13(2)24-20(23)25-18/h5,9-10,16,19H,3,6-8,11-12H2,1-2,4H3,(H2,23,24,25)/b15-5+,17-10+/t16-/m0/s1. The Morgan fingerprint density at radius 1 is 1.48 bits per heavy atom. The summed E-state index contributed by atoms with van der Waals surface area (Å²) in [5.41, 5.74) is 6.97. The Balaban J connectivity index is 2.46. The maximum Gasteiger partial charge on any atom is 0.387 e. The van der Waals surface area contributed by atoms with E-state index in [2.05, 4.69) is 16.5 Å². The van der Waals surface area contributed by atoms with Crippen LogP contribution in [0.3, 0.4) is 0 Å². The van der Waals surface area contributed by atoms with E-state index >= 15 is 0 Å². The number of hydrogen-bond acceptors (Lipinski definition) is 8. The molecule has 1 aromatic heterocycles. The monoisotopic (exact) mass is 458 g/mol. The molecule has 8 nitrogen and oxygen atoms in total. The quantitative estimate of drug-likeness (QED) is 0.468. The largest absolute Gasteiger partial charge is 0.434 e. The minimum Gasteiger partial charge on any atom is -0.434 e. The van der Waals surface area contributed by atoms with Gasteiger partial charge in [-0.3, -0.25) is 0 Å². The van der Waals surface area contributed by atoms with Crippen molar-refractivity contribution in [2.24, 2.45) is 0 Å². The molecule has 1 fully saturated rings. The number of nitrogen functional groups attached to an aromatic ring is 1. The number of allylic oxidation sites excluding steroid dienone is 2. The van der Waals surface area contributed by atoms with Crippen LogP contribution in [0.2, 0.25) is 0 Å². The zero-order valence-corrected chi connectivity index (χ0v) is 18.7. The van der Waals surface area contributed by atoms with Crippen molar-refractivity contribution in [1.29, 1.82) is 0 Å². The van der Waals surface area contributed by atoms with Gasteiger partial charge in [0.15, 0.2) is 9.84 Å². The van der Waals surface area contributed by atoms with E-state index < -0.39 is 22.5 Å². The molecule has 0 radical (unpaired) electrons. The van der Waals surface area contributed by atoms with Gasteiger partial charge in [0.1, 0.15) is 11.6 Å². The second-order valence-corrected chi connectivity index (χ2v) is 9.35. The third kappa shape index (κ3) is 7.59. The van der Waals surface area contributed by atoms with Crippen molar-refractivity contribution in [3.63, 3.8) is 0 Å². The van der Waals surface area contributed by atoms with E-state index in [1.54, 1.807) is 19.9 Å². The van der Waals surface area contributed by atoms with Gasteiger partial charge < -0.3 is 20.1 Å². The van der Waals surface area contributed by atoms with E-state index in [4.69, 9.17) is 15.2 Å². The third-order valence-corrected chi connectivity index (χ3v) is 5.40. The molecule has 1 aliphatic rings. The SMILES string of the molecule is C=C(/C(=C\C(=C/C)CS(C)(=O)=O)OC(F)F)[C@@H]1COCCCN1c1cc(C)nc(N)n1. The normalized spacial score (nSPS) is 18.8. The smallest absolute Gasteiger partial charge is 0.387 e. The van der Waals surface area contributed by atoms with E-state index in [0.29, 0.717) is 36.7 Å². The maximum atomic E-state index is 13.2. The summed E-state index contributed by atoms with van der Waals surface area (Å²) < 4.78 is 60.1. The molecule has 0 spiro atoms. The van der Waals surface area contributed by atoms with E-state index in [0.717, 1.165) is 6.26 Å². The molecule has 2 rings (SSSR count). The summed E-state index contributed by atoms with van der Waals surface area (Å²) >= 11 is 0. The Bertz CT molecular complexity index is 944. The van der Waals surface area contributed by atoms with Crippen molar-refractivity contribution in [2.45, 2.75) is 32.9 Å². The highest BCUT2D eigenvalue weighted by Gasteiger charge is 2.29. The Morgan fingerprint density at radius 2 is 2.19 bits per heavy atom. The fraction of sp³-hybridized carbons (Fsp3) is 0.500. The van der Waals surface area contributed by atoms with Gasteiger partial charge in [-0.05, 0) is 31.9 Å². The molecule has 11 heteroatoms. The first-order valence-electron chi connectivity index (χ1n) is 9.64. The Labute approximate surface area is 181 Å². The molecule has 31 heavy (non-hydrogen) atoms. The predicted molar refractivity (Wildman–Crippen MR) is 116 cm³/mol. The van der Waals surface area contributed by atoms with Gasteiger partial charge >= 0.3 is 6.61 Å². The summed E-state index contributed by atoms with van der Waals surface area (Å²) in [5.74, 6) is 0.0688. The van der Waals surface area contributed by atoms with E-state index in [9.17, 15) is 17.2 Å². The number of alkyl halides is 2. The molecule has 172 valence electrons. The molecule has 0 unspecified atom stereocenters. The van der Waals surface area contributed by atoms with Crippen LogP contribution in [0.4, 0.5) is 20.5 Å². The lowest BCUT2D eigenvalue weighted by molar-refractivity contribution is -0.0940. The number of ether oxygens (including phenoxy) is 2. The summed E-state index contributed by atoms with van der Waals surface area (Å²) in [6.45, 7) is 5.40. The van der Waals surface area contributed by atoms with Crippen molar-refractivity contribution in [2.75, 3.05) is 42.4 Å². The number of rotatable bonds is 8. The van der Waals surface area contributed by atoms with Crippen molar-refractivity contribution in [3.05, 3.63) is 47.4 Å². The number of nitrogens with zero attached hydrogens (tertiary/aromatic N) is 3. The van der Waals surface area contributed by atoms with Gasteiger partial charge in [0.25, 0.3) is 0 Å². The third-order valence-electron chi connectivity index (χ3n) is 4.54. The zero-order valence-electron chi connectivity index (χ0n) is 17.8. The fourth-order valence-electron chi connectivity index (χ4n) is 3.20. The van der Waals surface area contributed by atoms with Crippen LogP contribution < -0.4 is 10.6 Å². The number of nitrogens with two attached hydrogens (primary N) is 1. The number of hydrogen-bond donors (Lipinski definition) is 1. The first-order chi connectivity index (χ1) is 14.5. The van der Waals surface area contributed by atoms with Crippen LogP contribution in [0, 0.1) is 6.92 Å². The van der Waals surface area contributed by atoms with Crippen LogP contribution >= 0.6 is 0 Å². The summed E-state index contributed by atoms with van der Waals surface area (Å²) in [6.07, 6.45) is 4.54. The van der Waals surface area contributed by atoms with Crippen LogP contribution in [-0.2, 0) is 19.3 Å². The highest BCUT2D eigenvalue weighted by Crippen LogP contribution is 2.28. The summed E-state index contributed by atoms with van der Waals surface area (Å²) in [4.78, 5) is 10.2. The molecule has 2 N–H and O–H groups in total. The minimum absolute atomic E-state index is 0.0912. The molecule has 0 aliphatic carbocycles. The van der Waals surface area contributed by atoms with Crippen molar-refractivity contribution >= 4 is 21.6 Å². The molecule has 1 atom stereocenters. The van der Waals surface area contributed by atoms with Crippen molar-refractivity contribution < 1.29 is 26.7 Å². The van der Waals surface area contributed by atoms with Gasteiger partial charge in [-0.1, -0.05) is 12.7 Å². The Morgan fingerprint density at radius 3 is 2.77 bits per heavy atom. The first kappa shape index (κ1) is 24.7. The molecular weight excluding hydrogens is 430 g/mol. The average molecular weight is 459 g/mol. The van der Waals surface area contributed by atoms with Crippen molar-refractivity contribution in [1.82, 2.24) is 9.97 Å². The number of sulfone groups is 1. The summed E-state index contributed by atoms with van der Waals surface area (Å²) in [7, 11) is -3.38. The van der Waals surface area contributed by atoms with Crippen LogP contribution in [-0.4, -0.2) is 62.8 Å². The first-order valence-corrected chi connectivity index (χ1v) is 11.7. The number of halogens is 2. The fourth-order valence-corrected chi connectivity index (χ4v) is 4.06. The molecular formula is C20H28F2N4O4S. The van der Waals surface area contributed by atoms with Gasteiger partial charge in [-0.25, -0.2) is 13.4 Å². The van der Waals surface area contributed by atoms with E-state index in [1.807, 2.05) is 4.90 Å². The van der Waals surface area contributed by atoms with Crippen LogP contribution in [0.25, 0.3) is 0 Å². The molecule has 0 saturated carbocycles. The van der Waals surface area contributed by atoms with Crippen LogP contribution in [0.5, 0.6) is 0 Å². The molecule has 0 aromatic carbocycles. The van der Waals surface area contributed by atoms with E-state index in [1.165, 1.54) is 12.2 Å². The van der Waals surface area contributed by atoms with Crippen molar-refractivity contribution in [3.8, 4) is 0 Å². The van der Waals surface area contributed by atoms with Crippen LogP contribution in [0.1, 0.15) is 19.0 Å². The predicted octanol–water partition coefficient (Wildman–Crippen LogP) is 2.63. The van der Waals surface area contributed by atoms with Gasteiger partial charge in [-0.15, -0.1) is 0 Å². The van der Waals surface area contributed by atoms with Gasteiger partial charge in [0.2, 0.25) is 5.95 Å². The molecule has 0 amide bonds. The highest BCUT2D eigenvalue weighted by molar-refractivity contribution is 7.90. The lowest BCUT2D eigenvalue weighted by Crippen LogP contribution is -2.40. The molecule has 1 saturated heterocycles. The van der Waals surface area contributed by atoms with Gasteiger partial charge in [-0.2, -0.15) is 13.8 Å². The topological polar surface area (TPSA) is 108 Å². The Kier molecular flexibility index (Phi) is 8.52. The molecule has 1 aliphatic heterocycles. The molecule has 0 bridgehead atoms. The summed E-state index contributed by atoms with van der Waals surface area (Å²) in [5, 5.41) is 0. The highest BCUT2D eigenvalue weighted by atomic mass is 32.2. The lowest BCUT2D eigenvalue weighted by atomic mass is 10.0. The number of anilines is 2. The lowest BCUT2D eigenvalue weighted by Gasteiger charge is -2.32. The van der Waals surface area contributed by atoms with Crippen LogP contribution in [0.15, 0.2) is 41.7 Å². The minimum atomic E-state index is -3.38. The van der Waals surface area contributed by atoms with Gasteiger partial charge in [0, 0.05) is 36.7 Å². The van der Waals surface area contributed by atoms with Gasteiger partial charge in [0.05, 0.1) is 18.4 Å². The Hall–Kier alpha value is -2.53. The summed E-state index contributed by atoms with van der Waals surface area (Å²) in [6, 6.07) is 1.15. The zero-order chi connectivity index (χ0) is 23.2. The maximum absolute atomic E-state index is 13.2. The van der Waals surface area contributed by atoms with E-state index in [-0.39, 0.29) is 29.6 Å². The second-order valence-electron chi connectivity index (χ2n) is 7.21. The molecule has 1 aromatic rings. The number of aromatic nitrogens is 2. The second kappa shape index (κ2) is 10.7. The molecule has 2 heterocycles. The average Bonchev–Trinajstić information content (AvgIpc) is 2.90.